The number of hydrogen-bond acceptors (Lipinski definition) is 4. The maximum absolute atomic E-state index is 12.0. The second-order valence-corrected chi connectivity index (χ2v) is 5.41. The molecule has 1 amide bonds. The average Bonchev–Trinajstić information content (AvgIpc) is 3.12. The van der Waals surface area contributed by atoms with Gasteiger partial charge in [0.2, 0.25) is 5.91 Å². The van der Waals surface area contributed by atoms with E-state index in [4.69, 9.17) is 0 Å². The van der Waals surface area contributed by atoms with Crippen molar-refractivity contribution in [3.63, 3.8) is 0 Å². The van der Waals surface area contributed by atoms with Crippen molar-refractivity contribution in [1.29, 1.82) is 0 Å². The topological polar surface area (TPSA) is 71.8 Å². The van der Waals surface area contributed by atoms with Gasteiger partial charge in [0.05, 0.1) is 18.1 Å². The Labute approximate surface area is 140 Å². The maximum atomic E-state index is 12.0. The molecular weight excluding hydrogens is 302 g/mol. The number of aromatic nitrogens is 3. The summed E-state index contributed by atoms with van der Waals surface area (Å²) in [5.74, 6) is -0.0268. The lowest BCUT2D eigenvalue weighted by Gasteiger charge is -2.10. The number of anilines is 2. The largest absolute Gasteiger partial charge is 0.384 e. The summed E-state index contributed by atoms with van der Waals surface area (Å²) in [4.78, 5) is 13.5. The van der Waals surface area contributed by atoms with Crippen LogP contribution in [0.25, 0.3) is 5.69 Å². The summed E-state index contributed by atoms with van der Waals surface area (Å²) >= 11 is 0. The van der Waals surface area contributed by atoms with Gasteiger partial charge in [-0.1, -0.05) is 18.2 Å². The van der Waals surface area contributed by atoms with Crippen LogP contribution >= 0.6 is 0 Å². The van der Waals surface area contributed by atoms with Gasteiger partial charge in [-0.15, -0.1) is 0 Å². The number of nitrogens with one attached hydrogen (secondary N) is 2. The number of carbonyl (C=O) groups is 1. The van der Waals surface area contributed by atoms with Gasteiger partial charge in [-0.2, -0.15) is 15.0 Å². The molecule has 3 rings (SSSR count). The lowest BCUT2D eigenvalue weighted by Crippen LogP contribution is -2.16. The van der Waals surface area contributed by atoms with Crippen LogP contribution in [0.3, 0.4) is 0 Å². The third kappa shape index (κ3) is 3.98. The molecule has 24 heavy (non-hydrogen) atoms. The van der Waals surface area contributed by atoms with Crippen molar-refractivity contribution in [2.75, 3.05) is 17.2 Å². The van der Waals surface area contributed by atoms with E-state index in [1.807, 2.05) is 55.5 Å². The smallest absolute Gasteiger partial charge is 0.226 e. The number of benzene rings is 2. The highest BCUT2D eigenvalue weighted by molar-refractivity contribution is 5.91. The highest BCUT2D eigenvalue weighted by atomic mass is 16.1. The first-order valence-corrected chi connectivity index (χ1v) is 7.78. The number of nitrogens with zero attached hydrogens (tertiary/aromatic N) is 3. The Morgan fingerprint density at radius 1 is 1.04 bits per heavy atom. The minimum Gasteiger partial charge on any atom is -0.384 e. The molecule has 1 aromatic heterocycles. The average molecular weight is 321 g/mol. The molecule has 0 spiro atoms. The first-order valence-electron chi connectivity index (χ1n) is 7.78. The van der Waals surface area contributed by atoms with Crippen molar-refractivity contribution in [2.45, 2.75) is 13.3 Å². The Hall–Kier alpha value is -3.15. The Morgan fingerprint density at radius 3 is 2.46 bits per heavy atom. The minimum atomic E-state index is -0.0268. The van der Waals surface area contributed by atoms with Gasteiger partial charge in [-0.3, -0.25) is 4.79 Å². The second kappa shape index (κ2) is 7.41. The molecule has 6 nitrogen and oxygen atoms in total. The van der Waals surface area contributed by atoms with E-state index in [1.54, 1.807) is 12.4 Å². The van der Waals surface area contributed by atoms with Gasteiger partial charge in [-0.05, 0) is 42.8 Å². The number of hydrogen-bond donors (Lipinski definition) is 2. The zero-order valence-corrected chi connectivity index (χ0v) is 13.4. The monoisotopic (exact) mass is 321 g/mol. The quantitative estimate of drug-likeness (QED) is 0.732. The summed E-state index contributed by atoms with van der Waals surface area (Å²) in [6.07, 6.45) is 3.64. The van der Waals surface area contributed by atoms with Crippen LogP contribution in [-0.2, 0) is 4.79 Å². The van der Waals surface area contributed by atoms with E-state index in [-0.39, 0.29) is 5.91 Å². The van der Waals surface area contributed by atoms with Crippen molar-refractivity contribution in [3.05, 3.63) is 66.5 Å². The number of rotatable bonds is 6. The van der Waals surface area contributed by atoms with Crippen LogP contribution in [0.1, 0.15) is 12.0 Å². The molecule has 2 N–H and O–H groups in total. The van der Waals surface area contributed by atoms with Crippen LogP contribution in [0.15, 0.2) is 60.9 Å². The van der Waals surface area contributed by atoms with Crippen LogP contribution in [0, 0.1) is 6.92 Å². The molecule has 0 aliphatic heterocycles. The molecular formula is C18H19N5O. The van der Waals surface area contributed by atoms with Gasteiger partial charge in [0.15, 0.2) is 0 Å². The molecule has 2 aromatic carbocycles. The van der Waals surface area contributed by atoms with E-state index in [2.05, 4.69) is 20.8 Å². The first-order chi connectivity index (χ1) is 11.7. The predicted octanol–water partition coefficient (Wildman–Crippen LogP) is 3.02. The summed E-state index contributed by atoms with van der Waals surface area (Å²) in [7, 11) is 0. The Morgan fingerprint density at radius 2 is 1.75 bits per heavy atom. The van der Waals surface area contributed by atoms with E-state index in [0.717, 1.165) is 17.1 Å². The van der Waals surface area contributed by atoms with Crippen LogP contribution < -0.4 is 10.6 Å². The first kappa shape index (κ1) is 15.7. The van der Waals surface area contributed by atoms with Gasteiger partial charge in [0.25, 0.3) is 0 Å². The van der Waals surface area contributed by atoms with E-state index < -0.39 is 0 Å². The molecule has 0 unspecified atom stereocenters. The third-order valence-corrected chi connectivity index (χ3v) is 3.61. The second-order valence-electron chi connectivity index (χ2n) is 5.41. The third-order valence-electron chi connectivity index (χ3n) is 3.61. The Kier molecular flexibility index (Phi) is 4.86. The van der Waals surface area contributed by atoms with Crippen molar-refractivity contribution >= 4 is 17.3 Å². The van der Waals surface area contributed by atoms with Crippen LogP contribution in [0.4, 0.5) is 11.4 Å². The van der Waals surface area contributed by atoms with Crippen molar-refractivity contribution in [2.24, 2.45) is 0 Å². The molecule has 0 atom stereocenters. The molecule has 6 heteroatoms. The number of amides is 1. The Balaban J connectivity index is 1.49. The fourth-order valence-corrected chi connectivity index (χ4v) is 2.33. The van der Waals surface area contributed by atoms with Gasteiger partial charge in [0, 0.05) is 24.3 Å². The molecule has 0 saturated carbocycles. The van der Waals surface area contributed by atoms with Crippen molar-refractivity contribution in [3.8, 4) is 5.69 Å². The van der Waals surface area contributed by atoms with E-state index >= 15 is 0 Å². The number of para-hydroxylation sites is 1. The number of aryl methyl sites for hydroxylation is 1. The summed E-state index contributed by atoms with van der Waals surface area (Å²) < 4.78 is 0. The van der Waals surface area contributed by atoms with E-state index in [9.17, 15) is 4.79 Å². The summed E-state index contributed by atoms with van der Waals surface area (Å²) in [6, 6.07) is 15.4. The summed E-state index contributed by atoms with van der Waals surface area (Å²) in [5, 5.41) is 14.3. The Bertz CT molecular complexity index is 797. The minimum absolute atomic E-state index is 0.0268. The normalized spacial score (nSPS) is 10.4. The predicted molar refractivity (Wildman–Crippen MR) is 94.3 cm³/mol. The molecule has 3 aromatic rings. The summed E-state index contributed by atoms with van der Waals surface area (Å²) in [5.41, 5.74) is 3.83. The van der Waals surface area contributed by atoms with Gasteiger partial charge >= 0.3 is 0 Å². The molecule has 0 fully saturated rings. The van der Waals surface area contributed by atoms with E-state index in [0.29, 0.717) is 13.0 Å². The number of carbonyl (C=O) groups excluding carboxylic acids is 1. The standard InChI is InChI=1S/C18H19N5O/c1-14-4-2-3-5-17(14)19-11-10-18(24)22-15-6-8-16(9-7-15)23-20-12-13-21-23/h2-9,12-13,19H,10-11H2,1H3,(H,22,24). The van der Waals surface area contributed by atoms with Gasteiger partial charge < -0.3 is 10.6 Å². The van der Waals surface area contributed by atoms with Crippen LogP contribution in [0.5, 0.6) is 0 Å². The fraction of sp³-hybridized carbons (Fsp3) is 0.167. The fourth-order valence-electron chi connectivity index (χ4n) is 2.33. The molecule has 0 radical (unpaired) electrons. The van der Waals surface area contributed by atoms with Gasteiger partial charge in [-0.25, -0.2) is 0 Å². The SMILES string of the molecule is Cc1ccccc1NCCC(=O)Nc1ccc(-n2nccn2)cc1. The summed E-state index contributed by atoms with van der Waals surface area (Å²) in [6.45, 7) is 2.63. The maximum Gasteiger partial charge on any atom is 0.226 e. The lowest BCUT2D eigenvalue weighted by molar-refractivity contribution is -0.115. The van der Waals surface area contributed by atoms with Gasteiger partial charge in [0.1, 0.15) is 0 Å². The zero-order valence-electron chi connectivity index (χ0n) is 13.4. The van der Waals surface area contributed by atoms with E-state index in [1.165, 1.54) is 10.4 Å². The molecule has 122 valence electrons. The molecule has 0 bridgehead atoms. The van der Waals surface area contributed by atoms with Crippen molar-refractivity contribution < 1.29 is 4.79 Å². The van der Waals surface area contributed by atoms with Crippen LogP contribution in [0.2, 0.25) is 0 Å². The zero-order chi connectivity index (χ0) is 16.8. The van der Waals surface area contributed by atoms with Crippen LogP contribution in [-0.4, -0.2) is 27.4 Å². The molecule has 1 heterocycles. The molecule has 0 saturated heterocycles. The lowest BCUT2D eigenvalue weighted by atomic mass is 10.2. The van der Waals surface area contributed by atoms with Crippen molar-refractivity contribution in [1.82, 2.24) is 15.0 Å². The highest BCUT2D eigenvalue weighted by Gasteiger charge is 2.04. The highest BCUT2D eigenvalue weighted by Crippen LogP contribution is 2.14. The molecule has 0 aliphatic rings. The molecule has 0 aliphatic carbocycles.